The van der Waals surface area contributed by atoms with Crippen LogP contribution in [-0.2, 0) is 9.53 Å². The highest BCUT2D eigenvalue weighted by Gasteiger charge is 2.15. The Morgan fingerprint density at radius 2 is 1.74 bits per heavy atom. The second-order valence-electron chi connectivity index (χ2n) is 5.15. The monoisotopic (exact) mass is 394 g/mol. The molecule has 0 aromatic heterocycles. The number of non-ortho nitro benzene ring substituents is 1. The zero-order valence-electron chi connectivity index (χ0n) is 14.4. The maximum atomic E-state index is 12.1. The number of anilines is 1. The van der Waals surface area contributed by atoms with Crippen LogP contribution < -0.4 is 14.8 Å². The molecule has 0 bridgehead atoms. The van der Waals surface area contributed by atoms with E-state index in [1.807, 2.05) is 0 Å². The number of benzene rings is 2. The molecule has 0 unspecified atom stereocenters. The Hall–Kier alpha value is -3.33. The van der Waals surface area contributed by atoms with Gasteiger partial charge in [0.2, 0.25) is 0 Å². The summed E-state index contributed by atoms with van der Waals surface area (Å²) in [5.74, 6) is -0.627. The van der Waals surface area contributed by atoms with E-state index in [-0.39, 0.29) is 22.0 Å². The number of rotatable bonds is 7. The van der Waals surface area contributed by atoms with Crippen molar-refractivity contribution >= 4 is 34.9 Å². The number of carbonyl (C=O) groups excluding carboxylic acids is 2. The Balaban J connectivity index is 1.99. The SMILES string of the molecule is COc1cc(OC)cc(C(=O)OCC(=O)Nc2ccc([N+](=O)[O-])cc2Cl)c1. The van der Waals surface area contributed by atoms with E-state index in [4.69, 9.17) is 25.8 Å². The van der Waals surface area contributed by atoms with Crippen LogP contribution in [0.1, 0.15) is 10.4 Å². The molecule has 27 heavy (non-hydrogen) atoms. The van der Waals surface area contributed by atoms with Crippen LogP contribution in [0.3, 0.4) is 0 Å². The summed E-state index contributed by atoms with van der Waals surface area (Å²) in [4.78, 5) is 34.1. The number of esters is 1. The lowest BCUT2D eigenvalue weighted by Crippen LogP contribution is -2.21. The maximum absolute atomic E-state index is 12.1. The molecule has 9 nitrogen and oxygen atoms in total. The van der Waals surface area contributed by atoms with Crippen LogP contribution in [-0.4, -0.2) is 37.6 Å². The number of halogens is 1. The summed E-state index contributed by atoms with van der Waals surface area (Å²) in [6, 6.07) is 8.04. The van der Waals surface area contributed by atoms with E-state index >= 15 is 0 Å². The number of carbonyl (C=O) groups is 2. The maximum Gasteiger partial charge on any atom is 0.338 e. The number of nitro benzene ring substituents is 1. The Labute approximate surface area is 158 Å². The second kappa shape index (κ2) is 8.86. The summed E-state index contributed by atoms with van der Waals surface area (Å²) in [6.07, 6.45) is 0. The summed E-state index contributed by atoms with van der Waals surface area (Å²) in [6.45, 7) is -0.578. The van der Waals surface area contributed by atoms with Crippen molar-refractivity contribution in [2.24, 2.45) is 0 Å². The number of nitrogens with one attached hydrogen (secondary N) is 1. The van der Waals surface area contributed by atoms with Crippen LogP contribution in [0, 0.1) is 10.1 Å². The molecule has 2 aromatic carbocycles. The van der Waals surface area contributed by atoms with Crippen molar-refractivity contribution in [3.05, 3.63) is 57.1 Å². The fourth-order valence-corrected chi connectivity index (χ4v) is 2.27. The first kappa shape index (κ1) is 20.0. The van der Waals surface area contributed by atoms with Gasteiger partial charge in [-0.25, -0.2) is 4.79 Å². The van der Waals surface area contributed by atoms with Gasteiger partial charge in [0.1, 0.15) is 11.5 Å². The number of hydrogen-bond acceptors (Lipinski definition) is 7. The van der Waals surface area contributed by atoms with Gasteiger partial charge in [0.25, 0.3) is 11.6 Å². The molecule has 0 aliphatic rings. The van der Waals surface area contributed by atoms with Crippen LogP contribution in [0.2, 0.25) is 5.02 Å². The molecule has 2 rings (SSSR count). The first-order chi connectivity index (χ1) is 12.8. The summed E-state index contributed by atoms with van der Waals surface area (Å²) in [5.41, 5.74) is 0.0927. The van der Waals surface area contributed by atoms with E-state index in [1.165, 1.54) is 38.5 Å². The van der Waals surface area contributed by atoms with Crippen molar-refractivity contribution in [2.45, 2.75) is 0 Å². The summed E-state index contributed by atoms with van der Waals surface area (Å²) < 4.78 is 15.1. The molecule has 0 spiro atoms. The van der Waals surface area contributed by atoms with E-state index in [9.17, 15) is 19.7 Å². The predicted octanol–water partition coefficient (Wildman–Crippen LogP) is 3.06. The third-order valence-electron chi connectivity index (χ3n) is 3.36. The number of nitro groups is 1. The number of amides is 1. The van der Waals surface area contributed by atoms with Crippen LogP contribution in [0.15, 0.2) is 36.4 Å². The van der Waals surface area contributed by atoms with Crippen molar-refractivity contribution in [1.82, 2.24) is 0 Å². The highest BCUT2D eigenvalue weighted by Crippen LogP contribution is 2.26. The van der Waals surface area contributed by atoms with Gasteiger partial charge < -0.3 is 19.5 Å². The largest absolute Gasteiger partial charge is 0.497 e. The molecule has 10 heteroatoms. The minimum Gasteiger partial charge on any atom is -0.497 e. The molecule has 0 radical (unpaired) electrons. The van der Waals surface area contributed by atoms with Crippen molar-refractivity contribution in [3.8, 4) is 11.5 Å². The highest BCUT2D eigenvalue weighted by molar-refractivity contribution is 6.34. The molecule has 0 atom stereocenters. The van der Waals surface area contributed by atoms with Gasteiger partial charge in [-0.3, -0.25) is 14.9 Å². The van der Waals surface area contributed by atoms with Crippen molar-refractivity contribution in [3.63, 3.8) is 0 Å². The molecule has 1 amide bonds. The molecule has 142 valence electrons. The second-order valence-corrected chi connectivity index (χ2v) is 5.55. The molecule has 0 saturated carbocycles. The van der Waals surface area contributed by atoms with Crippen LogP contribution in [0.5, 0.6) is 11.5 Å². The Kier molecular flexibility index (Phi) is 6.56. The number of hydrogen-bond donors (Lipinski definition) is 1. The van der Waals surface area contributed by atoms with Gasteiger partial charge in [0.05, 0.1) is 35.4 Å². The lowest BCUT2D eigenvalue weighted by Gasteiger charge is -2.10. The average molecular weight is 395 g/mol. The van der Waals surface area contributed by atoms with E-state index in [1.54, 1.807) is 6.07 Å². The Bertz CT molecular complexity index is 863. The fourth-order valence-electron chi connectivity index (χ4n) is 2.04. The van der Waals surface area contributed by atoms with E-state index in [2.05, 4.69) is 5.32 Å². The third kappa shape index (κ3) is 5.32. The van der Waals surface area contributed by atoms with E-state index in [0.29, 0.717) is 11.5 Å². The van der Waals surface area contributed by atoms with Gasteiger partial charge in [0.15, 0.2) is 6.61 Å². The number of ether oxygens (including phenoxy) is 3. The van der Waals surface area contributed by atoms with Crippen LogP contribution in [0.4, 0.5) is 11.4 Å². The molecule has 0 fully saturated rings. The van der Waals surface area contributed by atoms with Crippen molar-refractivity contribution < 1.29 is 28.7 Å². The Morgan fingerprint density at radius 3 is 2.26 bits per heavy atom. The minimum atomic E-state index is -0.753. The van der Waals surface area contributed by atoms with Gasteiger partial charge >= 0.3 is 5.97 Å². The van der Waals surface area contributed by atoms with Gasteiger partial charge in [-0.1, -0.05) is 11.6 Å². The first-order valence-electron chi connectivity index (χ1n) is 7.48. The van der Waals surface area contributed by atoms with Gasteiger partial charge in [0, 0.05) is 18.2 Å². The molecule has 0 saturated heterocycles. The molecular formula is C17H15ClN2O7. The Morgan fingerprint density at radius 1 is 1.11 bits per heavy atom. The normalized spacial score (nSPS) is 10.0. The predicted molar refractivity (Wildman–Crippen MR) is 96.6 cm³/mol. The zero-order chi connectivity index (χ0) is 20.0. The van der Waals surface area contributed by atoms with Crippen molar-refractivity contribution in [1.29, 1.82) is 0 Å². The van der Waals surface area contributed by atoms with Gasteiger partial charge in [-0.05, 0) is 18.2 Å². The smallest absolute Gasteiger partial charge is 0.338 e. The minimum absolute atomic E-state index is 0.0126. The quantitative estimate of drug-likeness (QED) is 0.435. The topological polar surface area (TPSA) is 117 Å². The first-order valence-corrected chi connectivity index (χ1v) is 7.86. The molecule has 0 aliphatic carbocycles. The summed E-state index contributed by atoms with van der Waals surface area (Å²) in [7, 11) is 2.87. The van der Waals surface area contributed by atoms with E-state index < -0.39 is 23.4 Å². The molecule has 0 heterocycles. The van der Waals surface area contributed by atoms with Crippen molar-refractivity contribution in [2.75, 3.05) is 26.1 Å². The lowest BCUT2D eigenvalue weighted by molar-refractivity contribution is -0.384. The highest BCUT2D eigenvalue weighted by atomic mass is 35.5. The van der Waals surface area contributed by atoms with Crippen LogP contribution in [0.25, 0.3) is 0 Å². The van der Waals surface area contributed by atoms with Gasteiger partial charge in [-0.15, -0.1) is 0 Å². The van der Waals surface area contributed by atoms with E-state index in [0.717, 1.165) is 6.07 Å². The third-order valence-corrected chi connectivity index (χ3v) is 3.67. The fraction of sp³-hybridized carbons (Fsp3) is 0.176. The number of methoxy groups -OCH3 is 2. The standard InChI is InChI=1S/C17H15ClN2O7/c1-25-12-5-10(6-13(8-12)26-2)17(22)27-9-16(21)19-15-4-3-11(20(23)24)7-14(15)18/h3-8H,9H2,1-2H3,(H,19,21). The molecule has 1 N–H and O–H groups in total. The molecule has 0 aliphatic heterocycles. The molecular weight excluding hydrogens is 380 g/mol. The lowest BCUT2D eigenvalue weighted by atomic mass is 10.2. The summed E-state index contributed by atoms with van der Waals surface area (Å²) in [5, 5.41) is 13.1. The molecule has 2 aromatic rings. The summed E-state index contributed by atoms with van der Waals surface area (Å²) >= 11 is 5.89. The number of nitrogens with zero attached hydrogens (tertiary/aromatic N) is 1. The average Bonchev–Trinajstić information content (AvgIpc) is 2.66. The van der Waals surface area contributed by atoms with Gasteiger partial charge in [-0.2, -0.15) is 0 Å². The zero-order valence-corrected chi connectivity index (χ0v) is 15.1. The van der Waals surface area contributed by atoms with Crippen LogP contribution >= 0.6 is 11.6 Å².